The van der Waals surface area contributed by atoms with E-state index in [9.17, 15) is 30.3 Å². The molecular weight excluding hydrogens is 707 g/mol. The monoisotopic (exact) mass is 794 g/mol. The summed E-state index contributed by atoms with van der Waals surface area (Å²) >= 11 is 0. The Bertz CT molecular complexity index is 972. The van der Waals surface area contributed by atoms with Crippen LogP contribution < -0.4 is 5.32 Å². The van der Waals surface area contributed by atoms with Crippen LogP contribution in [0.1, 0.15) is 200 Å². The van der Waals surface area contributed by atoms with Crippen LogP contribution in [0, 0.1) is 0 Å². The first kappa shape index (κ1) is 52.4. The van der Waals surface area contributed by atoms with Gasteiger partial charge in [0.05, 0.1) is 25.4 Å². The maximum Gasteiger partial charge on any atom is 0.220 e. The van der Waals surface area contributed by atoms with E-state index >= 15 is 0 Å². The third-order valence-corrected chi connectivity index (χ3v) is 11.0. The number of ether oxygens (including phenoxy) is 2. The smallest absolute Gasteiger partial charge is 0.220 e. The van der Waals surface area contributed by atoms with E-state index in [-0.39, 0.29) is 12.5 Å². The van der Waals surface area contributed by atoms with Gasteiger partial charge in [-0.1, -0.05) is 185 Å². The lowest BCUT2D eigenvalue weighted by atomic mass is 9.99. The number of allylic oxidation sites excluding steroid dienone is 5. The molecule has 0 radical (unpaired) electrons. The average Bonchev–Trinajstić information content (AvgIpc) is 3.20. The van der Waals surface area contributed by atoms with Gasteiger partial charge in [0.15, 0.2) is 6.29 Å². The molecule has 1 aliphatic heterocycles. The lowest BCUT2D eigenvalue weighted by Crippen LogP contribution is -2.60. The Hall–Kier alpha value is -1.59. The van der Waals surface area contributed by atoms with Gasteiger partial charge in [-0.25, -0.2) is 0 Å². The average molecular weight is 794 g/mol. The highest BCUT2D eigenvalue weighted by Gasteiger charge is 2.44. The van der Waals surface area contributed by atoms with Crippen LogP contribution in [0.15, 0.2) is 36.5 Å². The second-order valence-electron chi connectivity index (χ2n) is 16.2. The van der Waals surface area contributed by atoms with Gasteiger partial charge >= 0.3 is 0 Å². The Morgan fingerprint density at radius 2 is 1.04 bits per heavy atom. The summed E-state index contributed by atoms with van der Waals surface area (Å²) in [6, 6.07) is -0.809. The van der Waals surface area contributed by atoms with Crippen molar-refractivity contribution in [2.75, 3.05) is 13.2 Å². The van der Waals surface area contributed by atoms with Gasteiger partial charge in [0, 0.05) is 6.42 Å². The number of aliphatic hydroxyl groups excluding tert-OH is 5. The van der Waals surface area contributed by atoms with E-state index < -0.39 is 49.5 Å². The Morgan fingerprint density at radius 1 is 0.607 bits per heavy atom. The first-order valence-corrected chi connectivity index (χ1v) is 23.2. The quantitative estimate of drug-likeness (QED) is 0.0206. The van der Waals surface area contributed by atoms with Crippen molar-refractivity contribution in [3.8, 4) is 0 Å². The van der Waals surface area contributed by atoms with E-state index in [0.29, 0.717) is 6.42 Å². The van der Waals surface area contributed by atoms with Gasteiger partial charge in [-0.15, -0.1) is 0 Å². The minimum absolute atomic E-state index is 0.189. The number of unbranched alkanes of at least 4 members (excludes halogenated alkanes) is 25. The molecule has 1 rings (SSSR count). The largest absolute Gasteiger partial charge is 0.394 e. The third-order valence-electron chi connectivity index (χ3n) is 11.0. The highest BCUT2D eigenvalue weighted by molar-refractivity contribution is 5.76. The Balaban J connectivity index is 2.37. The van der Waals surface area contributed by atoms with Crippen molar-refractivity contribution in [2.24, 2.45) is 0 Å². The molecule has 328 valence electrons. The highest BCUT2D eigenvalue weighted by atomic mass is 16.7. The zero-order chi connectivity index (χ0) is 40.9. The summed E-state index contributed by atoms with van der Waals surface area (Å²) in [4.78, 5) is 12.9. The summed E-state index contributed by atoms with van der Waals surface area (Å²) in [5, 5.41) is 54.2. The number of hydrogen-bond donors (Lipinski definition) is 6. The number of amides is 1. The molecule has 1 saturated heterocycles. The van der Waals surface area contributed by atoms with Crippen LogP contribution in [0.3, 0.4) is 0 Å². The third kappa shape index (κ3) is 27.9. The molecule has 0 aromatic rings. The lowest BCUT2D eigenvalue weighted by Gasteiger charge is -2.40. The molecule has 56 heavy (non-hydrogen) atoms. The van der Waals surface area contributed by atoms with E-state index in [1.165, 1.54) is 122 Å². The summed E-state index contributed by atoms with van der Waals surface area (Å²) < 4.78 is 11.2. The van der Waals surface area contributed by atoms with Gasteiger partial charge in [-0.05, 0) is 44.9 Å². The molecule has 0 aromatic carbocycles. The predicted molar refractivity (Wildman–Crippen MR) is 230 cm³/mol. The van der Waals surface area contributed by atoms with Crippen molar-refractivity contribution >= 4 is 5.91 Å². The van der Waals surface area contributed by atoms with Crippen molar-refractivity contribution in [3.63, 3.8) is 0 Å². The van der Waals surface area contributed by atoms with Crippen LogP contribution in [0.25, 0.3) is 0 Å². The summed E-state index contributed by atoms with van der Waals surface area (Å²) in [7, 11) is 0. The molecule has 1 fully saturated rings. The topological polar surface area (TPSA) is 149 Å². The predicted octanol–water partition coefficient (Wildman–Crippen LogP) is 9.67. The fourth-order valence-corrected chi connectivity index (χ4v) is 7.20. The van der Waals surface area contributed by atoms with Gasteiger partial charge in [0.2, 0.25) is 5.91 Å². The molecule has 0 aromatic heterocycles. The Kier molecular flexibility index (Phi) is 35.3. The van der Waals surface area contributed by atoms with Gasteiger partial charge in [-0.2, -0.15) is 0 Å². The molecule has 1 heterocycles. The number of rotatable bonds is 38. The van der Waals surface area contributed by atoms with E-state index in [1.54, 1.807) is 6.08 Å². The van der Waals surface area contributed by atoms with Gasteiger partial charge in [0.25, 0.3) is 0 Å². The molecular formula is C47H87NO8. The van der Waals surface area contributed by atoms with Crippen LogP contribution in [0.2, 0.25) is 0 Å². The number of carbonyl (C=O) groups is 1. The molecule has 6 N–H and O–H groups in total. The van der Waals surface area contributed by atoms with Crippen LogP contribution in [-0.4, -0.2) is 87.5 Å². The molecule has 1 aliphatic rings. The van der Waals surface area contributed by atoms with Crippen molar-refractivity contribution in [2.45, 2.75) is 243 Å². The lowest BCUT2D eigenvalue weighted by molar-refractivity contribution is -0.302. The molecule has 9 heteroatoms. The minimum Gasteiger partial charge on any atom is -0.394 e. The van der Waals surface area contributed by atoms with E-state index in [1.807, 2.05) is 6.08 Å². The summed E-state index contributed by atoms with van der Waals surface area (Å²) in [5.41, 5.74) is 0. The normalized spacial score (nSPS) is 21.4. The van der Waals surface area contributed by atoms with E-state index in [4.69, 9.17) is 9.47 Å². The van der Waals surface area contributed by atoms with Crippen molar-refractivity contribution < 1.29 is 39.8 Å². The van der Waals surface area contributed by atoms with Crippen LogP contribution in [-0.2, 0) is 14.3 Å². The summed E-state index contributed by atoms with van der Waals surface area (Å²) in [5.74, 6) is -0.189. The number of aliphatic hydroxyl groups is 5. The molecule has 0 saturated carbocycles. The van der Waals surface area contributed by atoms with Gasteiger partial charge < -0.3 is 40.3 Å². The molecule has 1 amide bonds. The first-order chi connectivity index (χ1) is 27.3. The molecule has 9 nitrogen and oxygen atoms in total. The van der Waals surface area contributed by atoms with Crippen molar-refractivity contribution in [3.05, 3.63) is 36.5 Å². The maximum atomic E-state index is 12.9. The summed E-state index contributed by atoms with van der Waals surface area (Å²) in [6.07, 6.45) is 38.9. The first-order valence-electron chi connectivity index (χ1n) is 23.2. The fraction of sp³-hybridized carbons (Fsp3) is 0.851. The number of nitrogens with one attached hydrogen (secondary N) is 1. The Labute approximate surface area is 342 Å². The van der Waals surface area contributed by atoms with E-state index in [0.717, 1.165) is 57.8 Å². The SMILES string of the molecule is CCCCC/C=C\C=C/CCCCCCCCC(=O)NC(COC1OC(CO)C(O)C(O)C1O)C(O)/C=C/CCCCCCCCCCCCCCCCCC. The Morgan fingerprint density at radius 3 is 1.54 bits per heavy atom. The zero-order valence-electron chi connectivity index (χ0n) is 35.9. The van der Waals surface area contributed by atoms with Crippen LogP contribution >= 0.6 is 0 Å². The summed E-state index contributed by atoms with van der Waals surface area (Å²) in [6.45, 7) is 3.74. The maximum absolute atomic E-state index is 12.9. The van der Waals surface area contributed by atoms with Gasteiger partial charge in [-0.3, -0.25) is 4.79 Å². The minimum atomic E-state index is -1.57. The number of carbonyl (C=O) groups excluding carboxylic acids is 1. The molecule has 7 unspecified atom stereocenters. The highest BCUT2D eigenvalue weighted by Crippen LogP contribution is 2.22. The fourth-order valence-electron chi connectivity index (χ4n) is 7.20. The van der Waals surface area contributed by atoms with Crippen molar-refractivity contribution in [1.29, 1.82) is 0 Å². The zero-order valence-corrected chi connectivity index (χ0v) is 35.9. The molecule has 7 atom stereocenters. The standard InChI is InChI=1S/C47H87NO8/c1-3-5-7-9-11-13-15-17-19-20-21-23-24-26-28-30-32-34-36-41(50)40(39-55-47-46(54)45(53)44(52)42(38-49)56-47)48-43(51)37-35-33-31-29-27-25-22-18-16-14-12-10-8-6-4-2/h12,14,16,18,34,36,40-42,44-47,49-50,52-54H,3-11,13,15,17,19-33,35,37-39H2,1-2H3,(H,48,51)/b14-12-,18-16-,36-34+. The van der Waals surface area contributed by atoms with Crippen LogP contribution in [0.4, 0.5) is 0 Å². The van der Waals surface area contributed by atoms with Crippen LogP contribution in [0.5, 0.6) is 0 Å². The second-order valence-corrected chi connectivity index (χ2v) is 16.2. The number of hydrogen-bond acceptors (Lipinski definition) is 8. The molecule has 0 bridgehead atoms. The van der Waals surface area contributed by atoms with Crippen molar-refractivity contribution in [1.82, 2.24) is 5.32 Å². The second kappa shape index (κ2) is 37.7. The molecule has 0 spiro atoms. The molecule has 0 aliphatic carbocycles. The van der Waals surface area contributed by atoms with Gasteiger partial charge in [0.1, 0.15) is 24.4 Å². The van der Waals surface area contributed by atoms with E-state index in [2.05, 4.69) is 43.5 Å².